The molecule has 0 spiro atoms. The fourth-order valence-corrected chi connectivity index (χ4v) is 1.82. The molecule has 1 amide bonds. The molecule has 0 radical (unpaired) electrons. The lowest BCUT2D eigenvalue weighted by Gasteiger charge is -2.18. The van der Waals surface area contributed by atoms with Gasteiger partial charge in [0.1, 0.15) is 6.04 Å². The SMILES string of the molecule is O=C(O)C1Cc2ccccc2N1C(=O)O. The fourth-order valence-electron chi connectivity index (χ4n) is 1.82. The maximum absolute atomic E-state index is 10.9. The van der Waals surface area contributed by atoms with Crippen molar-refractivity contribution in [3.8, 4) is 0 Å². The van der Waals surface area contributed by atoms with Gasteiger partial charge in [-0.1, -0.05) is 18.2 Å². The van der Waals surface area contributed by atoms with E-state index in [1.807, 2.05) is 0 Å². The molecule has 1 aromatic rings. The Balaban J connectivity index is 2.46. The molecule has 2 rings (SSSR count). The minimum Gasteiger partial charge on any atom is -0.480 e. The van der Waals surface area contributed by atoms with Crippen molar-refractivity contribution in [1.82, 2.24) is 0 Å². The molecule has 1 aliphatic rings. The van der Waals surface area contributed by atoms with Gasteiger partial charge < -0.3 is 10.2 Å². The van der Waals surface area contributed by atoms with Crippen LogP contribution in [-0.4, -0.2) is 28.3 Å². The molecular weight excluding hydrogens is 198 g/mol. The zero-order valence-corrected chi connectivity index (χ0v) is 7.75. The van der Waals surface area contributed by atoms with Crippen molar-refractivity contribution in [2.45, 2.75) is 12.5 Å². The minimum absolute atomic E-state index is 0.234. The maximum atomic E-state index is 10.9. The van der Waals surface area contributed by atoms with Gasteiger partial charge in [-0.15, -0.1) is 0 Å². The third-order valence-electron chi connectivity index (χ3n) is 2.47. The summed E-state index contributed by atoms with van der Waals surface area (Å²) in [7, 11) is 0. The molecule has 0 saturated carbocycles. The number of rotatable bonds is 1. The molecule has 1 unspecified atom stereocenters. The summed E-state index contributed by atoms with van der Waals surface area (Å²) in [5, 5.41) is 17.8. The topological polar surface area (TPSA) is 77.8 Å². The van der Waals surface area contributed by atoms with E-state index in [-0.39, 0.29) is 6.42 Å². The van der Waals surface area contributed by atoms with E-state index < -0.39 is 18.1 Å². The summed E-state index contributed by atoms with van der Waals surface area (Å²) in [4.78, 5) is 22.7. The third kappa shape index (κ3) is 1.41. The van der Waals surface area contributed by atoms with Crippen LogP contribution in [0.5, 0.6) is 0 Å². The molecule has 15 heavy (non-hydrogen) atoms. The number of aliphatic carboxylic acids is 1. The first-order chi connectivity index (χ1) is 7.11. The predicted octanol–water partition coefficient (Wildman–Crippen LogP) is 1.18. The van der Waals surface area contributed by atoms with Crippen LogP contribution in [0.25, 0.3) is 0 Å². The summed E-state index contributed by atoms with van der Waals surface area (Å²) < 4.78 is 0. The van der Waals surface area contributed by atoms with Crippen LogP contribution in [0.3, 0.4) is 0 Å². The van der Waals surface area contributed by atoms with Crippen molar-refractivity contribution in [2.75, 3.05) is 4.90 Å². The molecule has 5 nitrogen and oxygen atoms in total. The molecule has 1 aliphatic heterocycles. The van der Waals surface area contributed by atoms with Crippen molar-refractivity contribution in [3.05, 3.63) is 29.8 Å². The van der Waals surface area contributed by atoms with E-state index in [0.29, 0.717) is 5.69 Å². The highest BCUT2D eigenvalue weighted by Gasteiger charge is 2.38. The van der Waals surface area contributed by atoms with Crippen molar-refractivity contribution in [3.63, 3.8) is 0 Å². The Morgan fingerprint density at radius 1 is 1.27 bits per heavy atom. The number of carbonyl (C=O) groups is 2. The third-order valence-corrected chi connectivity index (χ3v) is 2.47. The highest BCUT2D eigenvalue weighted by atomic mass is 16.4. The van der Waals surface area contributed by atoms with Gasteiger partial charge in [-0.2, -0.15) is 0 Å². The lowest BCUT2D eigenvalue weighted by Crippen LogP contribution is -2.41. The van der Waals surface area contributed by atoms with E-state index in [0.717, 1.165) is 10.5 Å². The van der Waals surface area contributed by atoms with E-state index in [2.05, 4.69) is 0 Å². The first-order valence-corrected chi connectivity index (χ1v) is 4.44. The molecule has 0 aromatic heterocycles. The number of carboxylic acids is 1. The number of hydrogen-bond donors (Lipinski definition) is 2. The van der Waals surface area contributed by atoms with Crippen molar-refractivity contribution >= 4 is 17.7 Å². The van der Waals surface area contributed by atoms with Crippen LogP contribution in [0.2, 0.25) is 0 Å². The molecule has 1 heterocycles. The zero-order chi connectivity index (χ0) is 11.0. The molecule has 78 valence electrons. The average Bonchev–Trinajstić information content (AvgIpc) is 2.56. The maximum Gasteiger partial charge on any atom is 0.412 e. The molecule has 0 bridgehead atoms. The van der Waals surface area contributed by atoms with Gasteiger partial charge in [0.25, 0.3) is 0 Å². The second-order valence-corrected chi connectivity index (χ2v) is 3.34. The molecule has 2 N–H and O–H groups in total. The highest BCUT2D eigenvalue weighted by molar-refractivity contribution is 5.97. The number of carboxylic acid groups (broad SMARTS) is 2. The lowest BCUT2D eigenvalue weighted by molar-refractivity contribution is -0.138. The highest BCUT2D eigenvalue weighted by Crippen LogP contribution is 2.31. The van der Waals surface area contributed by atoms with Crippen LogP contribution in [0.1, 0.15) is 5.56 Å². The Hall–Kier alpha value is -2.04. The number of hydrogen-bond acceptors (Lipinski definition) is 2. The molecule has 1 aromatic carbocycles. The normalized spacial score (nSPS) is 18.7. The van der Waals surface area contributed by atoms with Crippen LogP contribution in [0, 0.1) is 0 Å². The second-order valence-electron chi connectivity index (χ2n) is 3.34. The quantitative estimate of drug-likeness (QED) is 0.724. The largest absolute Gasteiger partial charge is 0.480 e. The standard InChI is InChI=1S/C10H9NO4/c12-9(13)8-5-6-3-1-2-4-7(6)11(8)10(14)15/h1-4,8H,5H2,(H,12,13)(H,14,15). The number of anilines is 1. The zero-order valence-electron chi connectivity index (χ0n) is 7.75. The summed E-state index contributed by atoms with van der Waals surface area (Å²) in [6.45, 7) is 0. The molecule has 0 fully saturated rings. The minimum atomic E-state index is -1.23. The molecule has 0 saturated heterocycles. The number of amides is 1. The monoisotopic (exact) mass is 207 g/mol. The van der Waals surface area contributed by atoms with Crippen molar-refractivity contribution < 1.29 is 19.8 Å². The summed E-state index contributed by atoms with van der Waals surface area (Å²) in [5.74, 6) is -1.12. The van der Waals surface area contributed by atoms with E-state index in [9.17, 15) is 9.59 Å². The van der Waals surface area contributed by atoms with E-state index in [1.165, 1.54) is 0 Å². The Bertz CT molecular complexity index is 429. The Morgan fingerprint density at radius 3 is 2.53 bits per heavy atom. The van der Waals surface area contributed by atoms with Crippen LogP contribution < -0.4 is 4.90 Å². The first kappa shape index (κ1) is 9.51. The lowest BCUT2D eigenvalue weighted by atomic mass is 10.1. The van der Waals surface area contributed by atoms with Gasteiger partial charge in [0.15, 0.2) is 0 Å². The number of fused-ring (bicyclic) bond motifs is 1. The van der Waals surface area contributed by atoms with Gasteiger partial charge in [0.05, 0.1) is 5.69 Å². The molecule has 5 heteroatoms. The second kappa shape index (κ2) is 3.27. The predicted molar refractivity (Wildman–Crippen MR) is 52.1 cm³/mol. The molecule has 1 atom stereocenters. The van der Waals surface area contributed by atoms with E-state index in [1.54, 1.807) is 24.3 Å². The van der Waals surface area contributed by atoms with Crippen LogP contribution >= 0.6 is 0 Å². The van der Waals surface area contributed by atoms with E-state index >= 15 is 0 Å². The summed E-state index contributed by atoms with van der Waals surface area (Å²) in [5.41, 5.74) is 1.23. The number of para-hydroxylation sites is 1. The van der Waals surface area contributed by atoms with Gasteiger partial charge in [-0.25, -0.2) is 9.59 Å². The summed E-state index contributed by atoms with van der Waals surface area (Å²) in [6.07, 6.45) is -0.995. The Morgan fingerprint density at radius 2 is 1.93 bits per heavy atom. The van der Waals surface area contributed by atoms with Gasteiger partial charge in [0, 0.05) is 6.42 Å². The van der Waals surface area contributed by atoms with Crippen LogP contribution in [-0.2, 0) is 11.2 Å². The molecule has 0 aliphatic carbocycles. The van der Waals surface area contributed by atoms with Gasteiger partial charge in [0.2, 0.25) is 0 Å². The van der Waals surface area contributed by atoms with Gasteiger partial charge in [-0.3, -0.25) is 4.90 Å². The summed E-state index contributed by atoms with van der Waals surface area (Å²) in [6, 6.07) is 5.82. The van der Waals surface area contributed by atoms with Crippen molar-refractivity contribution in [2.24, 2.45) is 0 Å². The van der Waals surface area contributed by atoms with Crippen LogP contribution in [0.4, 0.5) is 10.5 Å². The Labute approximate surface area is 85.6 Å². The van der Waals surface area contributed by atoms with Gasteiger partial charge >= 0.3 is 12.1 Å². The average molecular weight is 207 g/mol. The smallest absolute Gasteiger partial charge is 0.412 e. The summed E-state index contributed by atoms with van der Waals surface area (Å²) >= 11 is 0. The van der Waals surface area contributed by atoms with E-state index in [4.69, 9.17) is 10.2 Å². The van der Waals surface area contributed by atoms with Crippen molar-refractivity contribution in [1.29, 1.82) is 0 Å². The Kier molecular flexibility index (Phi) is 2.07. The van der Waals surface area contributed by atoms with Gasteiger partial charge in [-0.05, 0) is 11.6 Å². The fraction of sp³-hybridized carbons (Fsp3) is 0.200. The number of nitrogens with zero attached hydrogens (tertiary/aromatic N) is 1. The molecular formula is C10H9NO4. The first-order valence-electron chi connectivity index (χ1n) is 4.44. The van der Waals surface area contributed by atoms with Crippen LogP contribution in [0.15, 0.2) is 24.3 Å². The number of benzene rings is 1.